The van der Waals surface area contributed by atoms with Gasteiger partial charge in [-0.2, -0.15) is 0 Å². The van der Waals surface area contributed by atoms with Crippen LogP contribution in [0.25, 0.3) is 0 Å². The lowest BCUT2D eigenvalue weighted by atomic mass is 10.2. The maximum Gasteiger partial charge on any atom is 0.349 e. The smallest absolute Gasteiger partial charge is 0.349 e. The van der Waals surface area contributed by atoms with E-state index in [4.69, 9.17) is 11.2 Å². The summed E-state index contributed by atoms with van der Waals surface area (Å²) in [6.45, 7) is 1.46. The molecule has 3 nitrogen and oxygen atoms in total. The fraction of sp³-hybridized carbons (Fsp3) is 0.385. The molecule has 0 radical (unpaired) electrons. The Hall–Kier alpha value is -1.60. The number of thiophene rings is 1. The van der Waals surface area contributed by atoms with Gasteiger partial charge in [0.05, 0.1) is 0 Å². The van der Waals surface area contributed by atoms with E-state index in [2.05, 4.69) is 5.92 Å². The Morgan fingerprint density at radius 1 is 1.59 bits per heavy atom. The molecule has 1 aromatic rings. The van der Waals surface area contributed by atoms with Gasteiger partial charge in [0.2, 0.25) is 0 Å². The van der Waals surface area contributed by atoms with E-state index >= 15 is 0 Å². The van der Waals surface area contributed by atoms with E-state index in [1.54, 1.807) is 11.4 Å². The second-order valence-corrected chi connectivity index (χ2v) is 5.00. The van der Waals surface area contributed by atoms with Crippen LogP contribution in [0.2, 0.25) is 0 Å². The standard InChI is InChI=1S/C13H12O3S/c1-3-11(9-4-5-9)16-13(15)12-6-10(7-17-12)8(2)14/h1,6-7,9,11H,4-5H2,2H3. The van der Waals surface area contributed by atoms with Crippen molar-refractivity contribution >= 4 is 23.1 Å². The molecule has 1 aromatic heterocycles. The van der Waals surface area contributed by atoms with Crippen LogP contribution in [0, 0.1) is 18.3 Å². The van der Waals surface area contributed by atoms with Gasteiger partial charge in [0.1, 0.15) is 4.88 Å². The average Bonchev–Trinajstić information content (AvgIpc) is 3.01. The zero-order valence-corrected chi connectivity index (χ0v) is 10.3. The van der Waals surface area contributed by atoms with Crippen molar-refractivity contribution in [1.29, 1.82) is 0 Å². The van der Waals surface area contributed by atoms with Crippen molar-refractivity contribution in [2.45, 2.75) is 25.9 Å². The van der Waals surface area contributed by atoms with E-state index in [9.17, 15) is 9.59 Å². The molecule has 0 amide bonds. The van der Waals surface area contributed by atoms with Gasteiger partial charge in [-0.15, -0.1) is 17.8 Å². The van der Waals surface area contributed by atoms with Gasteiger partial charge in [-0.25, -0.2) is 4.79 Å². The number of ether oxygens (including phenoxy) is 1. The fourth-order valence-corrected chi connectivity index (χ4v) is 2.29. The molecule has 1 aliphatic carbocycles. The molecular weight excluding hydrogens is 236 g/mol. The first-order chi connectivity index (χ1) is 8.11. The van der Waals surface area contributed by atoms with Crippen LogP contribution in [0.1, 0.15) is 39.8 Å². The van der Waals surface area contributed by atoms with Gasteiger partial charge in [-0.1, -0.05) is 5.92 Å². The van der Waals surface area contributed by atoms with E-state index in [0.717, 1.165) is 12.8 Å². The highest BCUT2D eigenvalue weighted by atomic mass is 32.1. The van der Waals surface area contributed by atoms with Gasteiger partial charge in [0.15, 0.2) is 11.9 Å². The molecule has 1 heterocycles. The average molecular weight is 248 g/mol. The minimum absolute atomic E-state index is 0.0593. The zero-order valence-electron chi connectivity index (χ0n) is 9.43. The molecule has 0 N–H and O–H groups in total. The molecule has 0 bridgehead atoms. The van der Waals surface area contributed by atoms with Gasteiger partial charge >= 0.3 is 5.97 Å². The maximum atomic E-state index is 11.8. The zero-order chi connectivity index (χ0) is 12.4. The van der Waals surface area contributed by atoms with Gasteiger partial charge in [-0.05, 0) is 25.8 Å². The topological polar surface area (TPSA) is 43.4 Å². The quantitative estimate of drug-likeness (QED) is 0.467. The van der Waals surface area contributed by atoms with Gasteiger partial charge < -0.3 is 4.74 Å². The number of rotatable bonds is 4. The predicted octanol–water partition coefficient (Wildman–Crippen LogP) is 2.52. The molecule has 88 valence electrons. The Labute approximate surface area is 104 Å². The molecule has 1 fully saturated rings. The molecule has 2 rings (SSSR count). The summed E-state index contributed by atoms with van der Waals surface area (Å²) < 4.78 is 5.23. The van der Waals surface area contributed by atoms with Crippen molar-refractivity contribution in [3.63, 3.8) is 0 Å². The fourth-order valence-electron chi connectivity index (χ4n) is 1.47. The summed E-state index contributed by atoms with van der Waals surface area (Å²) in [6.07, 6.45) is 6.93. The molecule has 1 saturated carbocycles. The number of hydrogen-bond donors (Lipinski definition) is 0. The monoisotopic (exact) mass is 248 g/mol. The lowest BCUT2D eigenvalue weighted by Crippen LogP contribution is -2.17. The van der Waals surface area contributed by atoms with Gasteiger partial charge in [-0.3, -0.25) is 4.79 Å². The summed E-state index contributed by atoms with van der Waals surface area (Å²) in [5.74, 6) is 2.31. The van der Waals surface area contributed by atoms with Crippen molar-refractivity contribution in [2.75, 3.05) is 0 Å². The van der Waals surface area contributed by atoms with Crippen LogP contribution in [0.3, 0.4) is 0 Å². The lowest BCUT2D eigenvalue weighted by Gasteiger charge is -2.09. The van der Waals surface area contributed by atoms with Crippen molar-refractivity contribution in [3.05, 3.63) is 21.9 Å². The number of Topliss-reactive ketones (excluding diaryl/α,β-unsaturated/α-hetero) is 1. The summed E-state index contributed by atoms with van der Waals surface area (Å²) in [7, 11) is 0. The van der Waals surface area contributed by atoms with Crippen molar-refractivity contribution in [3.8, 4) is 12.3 Å². The molecule has 4 heteroatoms. The van der Waals surface area contributed by atoms with Gasteiger partial charge in [0.25, 0.3) is 0 Å². The van der Waals surface area contributed by atoms with E-state index in [-0.39, 0.29) is 5.78 Å². The summed E-state index contributed by atoms with van der Waals surface area (Å²) in [5, 5.41) is 1.65. The molecule has 0 saturated heterocycles. The van der Waals surface area contributed by atoms with E-state index in [1.165, 1.54) is 18.3 Å². The molecule has 1 aliphatic rings. The molecule has 0 spiro atoms. The molecule has 1 unspecified atom stereocenters. The van der Waals surface area contributed by atoms with Crippen molar-refractivity contribution in [1.82, 2.24) is 0 Å². The first-order valence-corrected chi connectivity index (χ1v) is 6.26. The molecule has 0 aromatic carbocycles. The van der Waals surface area contributed by atoms with Crippen LogP contribution in [0.15, 0.2) is 11.4 Å². The highest BCUT2D eigenvalue weighted by molar-refractivity contribution is 7.12. The number of carbonyl (C=O) groups is 2. The first kappa shape index (κ1) is 11.9. The number of terminal acetylenes is 1. The lowest BCUT2D eigenvalue weighted by molar-refractivity contribution is 0.0380. The Bertz CT molecular complexity index is 491. The number of carbonyl (C=O) groups excluding carboxylic acids is 2. The van der Waals surface area contributed by atoms with Crippen LogP contribution in [-0.4, -0.2) is 17.9 Å². The van der Waals surface area contributed by atoms with Crippen molar-refractivity contribution in [2.24, 2.45) is 5.92 Å². The number of hydrogen-bond acceptors (Lipinski definition) is 4. The Morgan fingerprint density at radius 2 is 2.29 bits per heavy atom. The Balaban J connectivity index is 2.03. The largest absolute Gasteiger partial charge is 0.445 e. The highest BCUT2D eigenvalue weighted by Crippen LogP contribution is 2.34. The highest BCUT2D eigenvalue weighted by Gasteiger charge is 2.33. The van der Waals surface area contributed by atoms with Crippen LogP contribution < -0.4 is 0 Å². The van der Waals surface area contributed by atoms with Crippen LogP contribution in [-0.2, 0) is 4.74 Å². The third-order valence-electron chi connectivity index (χ3n) is 2.66. The third-order valence-corrected chi connectivity index (χ3v) is 3.57. The number of ketones is 1. The minimum Gasteiger partial charge on any atom is -0.445 e. The third kappa shape index (κ3) is 2.75. The summed E-state index contributed by atoms with van der Waals surface area (Å²) in [4.78, 5) is 23.3. The molecular formula is C13H12O3S. The van der Waals surface area contributed by atoms with Crippen LogP contribution >= 0.6 is 11.3 Å². The Morgan fingerprint density at radius 3 is 2.76 bits per heavy atom. The Kier molecular flexibility index (Phi) is 3.30. The second kappa shape index (κ2) is 4.72. The first-order valence-electron chi connectivity index (χ1n) is 5.38. The van der Waals surface area contributed by atoms with E-state index in [0.29, 0.717) is 16.4 Å². The van der Waals surface area contributed by atoms with Gasteiger partial charge in [0, 0.05) is 16.9 Å². The minimum atomic E-state index is -0.433. The molecule has 0 aliphatic heterocycles. The van der Waals surface area contributed by atoms with E-state index in [1.807, 2.05) is 0 Å². The van der Waals surface area contributed by atoms with E-state index < -0.39 is 12.1 Å². The maximum absolute atomic E-state index is 11.8. The van der Waals surface area contributed by atoms with Crippen LogP contribution in [0.4, 0.5) is 0 Å². The number of esters is 1. The summed E-state index contributed by atoms with van der Waals surface area (Å²) >= 11 is 1.21. The van der Waals surface area contributed by atoms with Crippen LogP contribution in [0.5, 0.6) is 0 Å². The normalized spacial score (nSPS) is 16.0. The molecule has 17 heavy (non-hydrogen) atoms. The molecule has 1 atom stereocenters. The predicted molar refractivity (Wildman–Crippen MR) is 65.1 cm³/mol. The summed E-state index contributed by atoms with van der Waals surface area (Å²) in [6, 6.07) is 1.55. The second-order valence-electron chi connectivity index (χ2n) is 4.09. The summed E-state index contributed by atoms with van der Waals surface area (Å²) in [5.41, 5.74) is 0.533. The van der Waals surface area contributed by atoms with Crippen molar-refractivity contribution < 1.29 is 14.3 Å². The SMILES string of the molecule is C#CC(OC(=O)c1cc(C(C)=O)cs1)C1CC1.